The average molecular weight is 456 g/mol. The first-order valence-electron chi connectivity index (χ1n) is 11.3. The van der Waals surface area contributed by atoms with Crippen LogP contribution in [0.1, 0.15) is 59.3 Å². The molecule has 0 amide bonds. The molecule has 1 aliphatic rings. The van der Waals surface area contributed by atoms with Gasteiger partial charge in [-0.05, 0) is 26.3 Å². The number of ether oxygens (including phenoxy) is 5. The third kappa shape index (κ3) is 9.98. The number of hydrogen-bond acceptors (Lipinski definition) is 9. The first-order chi connectivity index (χ1) is 15.4. The van der Waals surface area contributed by atoms with Gasteiger partial charge in [0.1, 0.15) is 0 Å². The Kier molecular flexibility index (Phi) is 13.6. The minimum absolute atomic E-state index is 0.0494. The van der Waals surface area contributed by atoms with Crippen molar-refractivity contribution in [3.8, 4) is 12.3 Å². The second-order valence-corrected chi connectivity index (χ2v) is 7.70. The molecule has 1 saturated heterocycles. The molecule has 0 N–H and O–H groups in total. The molecule has 0 aromatic heterocycles. The fourth-order valence-electron chi connectivity index (χ4n) is 3.08. The average Bonchev–Trinajstić information content (AvgIpc) is 2.72. The standard InChI is InChI=1S/C23H37NO8/c1-6-10-18(25)30-17-16-29-23(28-15-14-24(5)13-9-4)22(32-20(27)12-8-3)21(17)31-19(26)11-7-2/h4,17,21-23H,6-8,10-16H2,1-3,5H3. The molecule has 1 fully saturated rings. The van der Waals surface area contributed by atoms with Crippen LogP contribution in [0, 0.1) is 12.3 Å². The first-order valence-corrected chi connectivity index (χ1v) is 11.3. The lowest BCUT2D eigenvalue weighted by Crippen LogP contribution is -2.58. The molecule has 182 valence electrons. The van der Waals surface area contributed by atoms with Crippen LogP contribution < -0.4 is 0 Å². The highest BCUT2D eigenvalue weighted by Gasteiger charge is 2.48. The van der Waals surface area contributed by atoms with Gasteiger partial charge in [-0.15, -0.1) is 6.42 Å². The minimum atomic E-state index is -1.07. The maximum Gasteiger partial charge on any atom is 0.306 e. The maximum atomic E-state index is 12.3. The lowest BCUT2D eigenvalue weighted by Gasteiger charge is -2.40. The van der Waals surface area contributed by atoms with E-state index >= 15 is 0 Å². The van der Waals surface area contributed by atoms with E-state index in [4.69, 9.17) is 30.1 Å². The van der Waals surface area contributed by atoms with Crippen molar-refractivity contribution in [3.05, 3.63) is 0 Å². The molecule has 0 aromatic rings. The number of rotatable bonds is 14. The number of esters is 3. The summed E-state index contributed by atoms with van der Waals surface area (Å²) in [5.41, 5.74) is 0. The summed E-state index contributed by atoms with van der Waals surface area (Å²) >= 11 is 0. The highest BCUT2D eigenvalue weighted by atomic mass is 16.7. The highest BCUT2D eigenvalue weighted by Crippen LogP contribution is 2.26. The molecule has 9 nitrogen and oxygen atoms in total. The zero-order valence-corrected chi connectivity index (χ0v) is 19.7. The van der Waals surface area contributed by atoms with Crippen molar-refractivity contribution in [1.82, 2.24) is 4.90 Å². The summed E-state index contributed by atoms with van der Waals surface area (Å²) in [5, 5.41) is 0. The molecule has 4 atom stereocenters. The Morgan fingerprint density at radius 1 is 0.938 bits per heavy atom. The summed E-state index contributed by atoms with van der Waals surface area (Å²) in [6.45, 7) is 6.73. The van der Waals surface area contributed by atoms with Crippen LogP contribution in [0.5, 0.6) is 0 Å². The van der Waals surface area contributed by atoms with Crippen LogP contribution in [0.25, 0.3) is 0 Å². The second-order valence-electron chi connectivity index (χ2n) is 7.70. The van der Waals surface area contributed by atoms with Gasteiger partial charge in [0.15, 0.2) is 24.6 Å². The van der Waals surface area contributed by atoms with Crippen LogP contribution in [0.3, 0.4) is 0 Å². The summed E-state index contributed by atoms with van der Waals surface area (Å²) < 4.78 is 28.3. The predicted molar refractivity (Wildman–Crippen MR) is 116 cm³/mol. The molecule has 0 radical (unpaired) electrons. The van der Waals surface area contributed by atoms with Gasteiger partial charge in [-0.3, -0.25) is 19.3 Å². The Balaban J connectivity index is 3.03. The van der Waals surface area contributed by atoms with Gasteiger partial charge < -0.3 is 23.7 Å². The third-order valence-corrected chi connectivity index (χ3v) is 4.68. The van der Waals surface area contributed by atoms with Crippen molar-refractivity contribution < 1.29 is 38.1 Å². The Bertz CT molecular complexity index is 632. The molecule has 0 bridgehead atoms. The quantitative estimate of drug-likeness (QED) is 0.221. The molecule has 4 unspecified atom stereocenters. The van der Waals surface area contributed by atoms with Crippen molar-refractivity contribution in [2.24, 2.45) is 0 Å². The largest absolute Gasteiger partial charge is 0.456 e. The van der Waals surface area contributed by atoms with E-state index in [0.717, 1.165) is 0 Å². The van der Waals surface area contributed by atoms with Crippen molar-refractivity contribution in [2.45, 2.75) is 83.9 Å². The molecule has 0 aliphatic carbocycles. The summed E-state index contributed by atoms with van der Waals surface area (Å²) in [4.78, 5) is 38.6. The normalized spacial score (nSPS) is 22.8. The number of nitrogens with zero attached hydrogens (tertiary/aromatic N) is 1. The van der Waals surface area contributed by atoms with Crippen LogP contribution >= 0.6 is 0 Å². The molecular formula is C23H37NO8. The molecule has 0 saturated carbocycles. The fraction of sp³-hybridized carbons (Fsp3) is 0.783. The molecule has 9 heteroatoms. The van der Waals surface area contributed by atoms with Crippen molar-refractivity contribution >= 4 is 17.9 Å². The Labute approximate surface area is 191 Å². The van der Waals surface area contributed by atoms with Crippen molar-refractivity contribution in [1.29, 1.82) is 0 Å². The van der Waals surface area contributed by atoms with Crippen molar-refractivity contribution in [3.63, 3.8) is 0 Å². The Morgan fingerprint density at radius 3 is 2.00 bits per heavy atom. The van der Waals surface area contributed by atoms with Crippen LogP contribution in [-0.2, 0) is 38.1 Å². The van der Waals surface area contributed by atoms with E-state index in [1.807, 2.05) is 32.7 Å². The van der Waals surface area contributed by atoms with E-state index < -0.39 is 42.5 Å². The van der Waals surface area contributed by atoms with Crippen LogP contribution in [0.4, 0.5) is 0 Å². The van der Waals surface area contributed by atoms with Gasteiger partial charge in [0.25, 0.3) is 0 Å². The van der Waals surface area contributed by atoms with Crippen LogP contribution in [0.15, 0.2) is 0 Å². The van der Waals surface area contributed by atoms with E-state index in [1.54, 1.807) is 0 Å². The van der Waals surface area contributed by atoms with E-state index in [2.05, 4.69) is 5.92 Å². The summed E-state index contributed by atoms with van der Waals surface area (Å²) in [6.07, 6.45) is 3.70. The predicted octanol–water partition coefficient (Wildman–Crippen LogP) is 2.06. The molecule has 1 rings (SSSR count). The van der Waals surface area contributed by atoms with Gasteiger partial charge in [0.05, 0.1) is 19.8 Å². The fourth-order valence-corrected chi connectivity index (χ4v) is 3.08. The zero-order chi connectivity index (χ0) is 23.9. The maximum absolute atomic E-state index is 12.3. The monoisotopic (exact) mass is 455 g/mol. The van der Waals surface area contributed by atoms with Gasteiger partial charge in [0, 0.05) is 25.8 Å². The second kappa shape index (κ2) is 15.6. The third-order valence-electron chi connectivity index (χ3n) is 4.68. The number of carbonyl (C=O) groups excluding carboxylic acids is 3. The smallest absolute Gasteiger partial charge is 0.306 e. The SMILES string of the molecule is C#CCN(C)CCOC1OCC(OC(=O)CCC)C(OC(=O)CCC)C1OC(=O)CCC. The molecule has 32 heavy (non-hydrogen) atoms. The topological polar surface area (TPSA) is 101 Å². The Hall–Kier alpha value is -2.15. The van der Waals surface area contributed by atoms with Gasteiger partial charge in [0.2, 0.25) is 0 Å². The van der Waals surface area contributed by atoms with Gasteiger partial charge in [-0.1, -0.05) is 26.7 Å². The van der Waals surface area contributed by atoms with E-state index in [9.17, 15) is 14.4 Å². The van der Waals surface area contributed by atoms with E-state index in [0.29, 0.717) is 32.4 Å². The Morgan fingerprint density at radius 2 is 1.47 bits per heavy atom. The van der Waals surface area contributed by atoms with Crippen molar-refractivity contribution in [2.75, 3.05) is 33.4 Å². The number of carbonyl (C=O) groups is 3. The van der Waals surface area contributed by atoms with E-state index in [1.165, 1.54) is 0 Å². The molecule has 0 aromatic carbocycles. The van der Waals surface area contributed by atoms with Crippen LogP contribution in [-0.4, -0.2) is 80.8 Å². The molecular weight excluding hydrogens is 418 g/mol. The molecule has 0 spiro atoms. The first kappa shape index (κ1) is 27.9. The van der Waals surface area contributed by atoms with Crippen LogP contribution in [0.2, 0.25) is 0 Å². The lowest BCUT2D eigenvalue weighted by atomic mass is 10.0. The zero-order valence-electron chi connectivity index (χ0n) is 19.7. The lowest BCUT2D eigenvalue weighted by molar-refractivity contribution is -0.282. The summed E-state index contributed by atoms with van der Waals surface area (Å²) in [7, 11) is 1.85. The number of likely N-dealkylation sites (N-methyl/N-ethyl adjacent to an activating group) is 1. The van der Waals surface area contributed by atoms with E-state index in [-0.39, 0.29) is 32.5 Å². The summed E-state index contributed by atoms with van der Waals surface area (Å²) in [5.74, 6) is 1.16. The number of hydrogen-bond donors (Lipinski definition) is 0. The highest BCUT2D eigenvalue weighted by molar-refractivity contribution is 5.71. The van der Waals surface area contributed by atoms with Gasteiger partial charge in [-0.25, -0.2) is 0 Å². The minimum Gasteiger partial charge on any atom is -0.456 e. The number of terminal acetylenes is 1. The van der Waals surface area contributed by atoms with Gasteiger partial charge >= 0.3 is 17.9 Å². The van der Waals surface area contributed by atoms with Gasteiger partial charge in [-0.2, -0.15) is 0 Å². The molecule has 1 aliphatic heterocycles. The molecule has 1 heterocycles. The summed E-state index contributed by atoms with van der Waals surface area (Å²) in [6, 6.07) is 0.